The number of nitrogens with zero attached hydrogens (tertiary/aromatic N) is 3. The number of thioether (sulfide) groups is 1. The minimum Gasteiger partial charge on any atom is -0.404 e. The van der Waals surface area contributed by atoms with Crippen molar-refractivity contribution in [2.45, 2.75) is 33.6 Å². The number of carbonyl (C=O) groups is 2. The minimum atomic E-state index is -4.99. The summed E-state index contributed by atoms with van der Waals surface area (Å²) in [5.41, 5.74) is 1.91. The molecule has 0 bridgehead atoms. The highest BCUT2D eigenvalue weighted by molar-refractivity contribution is 8.17. The molecule has 9 nitrogen and oxygen atoms in total. The molecular weight excluding hydrogens is 545 g/mol. The molecule has 0 aliphatic carbocycles. The second-order valence-electron chi connectivity index (χ2n) is 9.45. The largest absolute Gasteiger partial charge is 0.573 e. The number of aryl methyl sites for hydroxylation is 1. The molecule has 0 unspecified atom stereocenters. The molecule has 0 spiro atoms. The van der Waals surface area contributed by atoms with Gasteiger partial charge in [-0.15, -0.1) is 13.2 Å². The molecule has 0 radical (unpaired) electrons. The van der Waals surface area contributed by atoms with Crippen LogP contribution in [0.5, 0.6) is 5.75 Å². The van der Waals surface area contributed by atoms with Gasteiger partial charge < -0.3 is 20.3 Å². The maximum absolute atomic E-state index is 13.2. The molecule has 2 amide bonds. The van der Waals surface area contributed by atoms with E-state index in [9.17, 15) is 22.8 Å². The van der Waals surface area contributed by atoms with E-state index in [1.807, 2.05) is 38.8 Å². The number of likely N-dealkylation sites (N-methyl/N-ethyl adjacent to an activating group) is 1. The Morgan fingerprint density at radius 2 is 1.85 bits per heavy atom. The Kier molecular flexibility index (Phi) is 10.7. The van der Waals surface area contributed by atoms with Gasteiger partial charge in [0.1, 0.15) is 5.04 Å². The van der Waals surface area contributed by atoms with E-state index in [-0.39, 0.29) is 22.8 Å². The third-order valence-electron chi connectivity index (χ3n) is 6.20. The number of benzene rings is 1. The van der Waals surface area contributed by atoms with Gasteiger partial charge in [-0.05, 0) is 68.8 Å². The fourth-order valence-corrected chi connectivity index (χ4v) is 4.63. The zero-order valence-electron chi connectivity index (χ0n) is 22.8. The van der Waals surface area contributed by atoms with Gasteiger partial charge in [0.2, 0.25) is 5.91 Å². The number of amides is 2. The Hall–Kier alpha value is -3.42. The van der Waals surface area contributed by atoms with E-state index in [1.165, 1.54) is 6.07 Å². The maximum atomic E-state index is 13.2. The van der Waals surface area contributed by atoms with E-state index in [0.717, 1.165) is 48.1 Å². The van der Waals surface area contributed by atoms with Crippen molar-refractivity contribution in [3.8, 4) is 5.75 Å². The molecule has 1 saturated heterocycles. The number of carbonyl (C=O) groups excluding carboxylic acids is 2. The lowest BCUT2D eigenvalue weighted by Gasteiger charge is -2.31. The molecule has 216 valence electrons. The SMILES string of the molecule is CCC(C)=C(NC(=O)c1ccc(OC(F)(F)F)c(NC(=O)CN2CCN(C)CC2)c1)SC(=N)c1cc(C)ccn1. The van der Waals surface area contributed by atoms with Crippen LogP contribution in [0.4, 0.5) is 18.9 Å². The van der Waals surface area contributed by atoms with Crippen LogP contribution in [0.2, 0.25) is 0 Å². The first kappa shape index (κ1) is 31.1. The van der Waals surface area contributed by atoms with Crippen molar-refractivity contribution in [2.24, 2.45) is 0 Å². The van der Waals surface area contributed by atoms with Crippen molar-refractivity contribution in [3.63, 3.8) is 0 Å². The van der Waals surface area contributed by atoms with Gasteiger partial charge in [0.05, 0.1) is 23.0 Å². The van der Waals surface area contributed by atoms with E-state index in [2.05, 4.69) is 25.3 Å². The van der Waals surface area contributed by atoms with Gasteiger partial charge in [-0.25, -0.2) is 0 Å². The number of hydrogen-bond acceptors (Lipinski definition) is 8. The number of aromatic nitrogens is 1. The molecule has 3 rings (SSSR count). The number of rotatable bonds is 9. The molecule has 0 saturated carbocycles. The van der Waals surface area contributed by atoms with E-state index in [1.54, 1.807) is 12.3 Å². The molecule has 40 heavy (non-hydrogen) atoms. The number of piperazine rings is 1. The molecule has 1 aliphatic heterocycles. The summed E-state index contributed by atoms with van der Waals surface area (Å²) in [6.07, 6.45) is -2.81. The molecule has 1 aliphatic rings. The number of ether oxygens (including phenoxy) is 1. The van der Waals surface area contributed by atoms with E-state index < -0.39 is 23.9 Å². The predicted octanol–water partition coefficient (Wildman–Crippen LogP) is 4.60. The molecule has 2 heterocycles. The molecule has 0 atom stereocenters. The number of anilines is 1. The second-order valence-corrected chi connectivity index (χ2v) is 10.5. The van der Waals surface area contributed by atoms with Crippen molar-refractivity contribution in [1.82, 2.24) is 20.1 Å². The highest BCUT2D eigenvalue weighted by Crippen LogP contribution is 2.32. The standard InChI is InChI=1S/C27H33F3N6O3S/c1-5-18(3)26(40-24(31)21-14-17(2)8-9-32-21)34-25(38)19-6-7-22(39-27(28,29)30)20(15-19)33-23(37)16-36-12-10-35(4)11-13-36/h6-9,14-15,31H,5,10-13,16H2,1-4H3,(H,33,37)(H,34,38). The van der Waals surface area contributed by atoms with Crippen molar-refractivity contribution < 1.29 is 27.5 Å². The Bertz CT molecular complexity index is 1280. The Morgan fingerprint density at radius 3 is 2.48 bits per heavy atom. The van der Waals surface area contributed by atoms with Crippen molar-refractivity contribution in [3.05, 3.63) is 64.0 Å². The average molecular weight is 579 g/mol. The first-order valence-corrected chi connectivity index (χ1v) is 13.5. The lowest BCUT2D eigenvalue weighted by atomic mass is 10.1. The predicted molar refractivity (Wildman–Crippen MR) is 150 cm³/mol. The van der Waals surface area contributed by atoms with Crippen LogP contribution < -0.4 is 15.4 Å². The Morgan fingerprint density at radius 1 is 1.15 bits per heavy atom. The maximum Gasteiger partial charge on any atom is 0.573 e. The van der Waals surface area contributed by atoms with Crippen LogP contribution >= 0.6 is 11.8 Å². The molecule has 2 aromatic rings. The van der Waals surface area contributed by atoms with E-state index >= 15 is 0 Å². The van der Waals surface area contributed by atoms with Crippen LogP contribution in [-0.2, 0) is 4.79 Å². The van der Waals surface area contributed by atoms with Crippen LogP contribution in [0, 0.1) is 12.3 Å². The molecule has 1 aromatic carbocycles. The van der Waals surface area contributed by atoms with Gasteiger partial charge in [0.15, 0.2) is 5.75 Å². The Labute approximate surface area is 235 Å². The molecule has 1 fully saturated rings. The quantitative estimate of drug-likeness (QED) is 0.295. The monoisotopic (exact) mass is 578 g/mol. The van der Waals surface area contributed by atoms with Gasteiger partial charge in [-0.2, -0.15) is 0 Å². The summed E-state index contributed by atoms with van der Waals surface area (Å²) in [5.74, 6) is -1.77. The first-order chi connectivity index (χ1) is 18.8. The summed E-state index contributed by atoms with van der Waals surface area (Å²) in [6, 6.07) is 6.89. The second kappa shape index (κ2) is 13.8. The van der Waals surface area contributed by atoms with E-state index in [0.29, 0.717) is 30.2 Å². The number of halogens is 3. The highest BCUT2D eigenvalue weighted by Gasteiger charge is 2.33. The summed E-state index contributed by atoms with van der Waals surface area (Å²) in [6.45, 7) is 8.42. The third kappa shape index (κ3) is 9.35. The van der Waals surface area contributed by atoms with Gasteiger partial charge >= 0.3 is 6.36 Å². The summed E-state index contributed by atoms with van der Waals surface area (Å²) < 4.78 is 43.3. The summed E-state index contributed by atoms with van der Waals surface area (Å²) in [7, 11) is 1.97. The zero-order valence-corrected chi connectivity index (χ0v) is 23.6. The van der Waals surface area contributed by atoms with E-state index in [4.69, 9.17) is 5.41 Å². The van der Waals surface area contributed by atoms with Crippen molar-refractivity contribution >= 4 is 34.3 Å². The number of pyridine rings is 1. The van der Waals surface area contributed by atoms with Gasteiger partial charge in [0.25, 0.3) is 5.91 Å². The number of hydrogen-bond donors (Lipinski definition) is 3. The van der Waals surface area contributed by atoms with Crippen molar-refractivity contribution in [2.75, 3.05) is 45.1 Å². The zero-order chi connectivity index (χ0) is 29.4. The highest BCUT2D eigenvalue weighted by atomic mass is 32.2. The number of nitrogens with one attached hydrogen (secondary N) is 3. The lowest BCUT2D eigenvalue weighted by Crippen LogP contribution is -2.47. The lowest BCUT2D eigenvalue weighted by molar-refractivity contribution is -0.274. The fourth-order valence-electron chi connectivity index (χ4n) is 3.75. The topological polar surface area (TPSA) is 111 Å². The average Bonchev–Trinajstić information content (AvgIpc) is 2.89. The van der Waals surface area contributed by atoms with Crippen molar-refractivity contribution in [1.29, 1.82) is 5.41 Å². The molecule has 3 N–H and O–H groups in total. The van der Waals surface area contributed by atoms with Crippen LogP contribution in [0.1, 0.15) is 41.9 Å². The summed E-state index contributed by atoms with van der Waals surface area (Å²) in [5, 5.41) is 14.2. The minimum absolute atomic E-state index is 0.00614. The molecular formula is C27H33F3N6O3S. The molecule has 1 aromatic heterocycles. The van der Waals surface area contributed by atoms with Crippen LogP contribution in [0.15, 0.2) is 47.1 Å². The summed E-state index contributed by atoms with van der Waals surface area (Å²) in [4.78, 5) is 34.1. The van der Waals surface area contributed by atoms with Crippen LogP contribution in [0.3, 0.4) is 0 Å². The van der Waals surface area contributed by atoms with Gasteiger partial charge in [-0.3, -0.25) is 24.9 Å². The first-order valence-electron chi connectivity index (χ1n) is 12.7. The third-order valence-corrected chi connectivity index (χ3v) is 7.27. The van der Waals surface area contributed by atoms with Crippen LogP contribution in [0.25, 0.3) is 0 Å². The van der Waals surface area contributed by atoms with Gasteiger partial charge in [0, 0.05) is 37.9 Å². The fraction of sp³-hybridized carbons (Fsp3) is 0.407. The normalized spacial score (nSPS) is 15.3. The number of alkyl halides is 3. The Balaban J connectivity index is 1.80. The number of allylic oxidation sites excluding steroid dienone is 1. The smallest absolute Gasteiger partial charge is 0.404 e. The molecule has 13 heteroatoms. The van der Waals surface area contributed by atoms with Crippen LogP contribution in [-0.4, -0.2) is 77.8 Å². The van der Waals surface area contributed by atoms with Gasteiger partial charge in [-0.1, -0.05) is 18.7 Å². The summed E-state index contributed by atoms with van der Waals surface area (Å²) >= 11 is 1.02.